The van der Waals surface area contributed by atoms with Crippen molar-refractivity contribution >= 4 is 10.0 Å². The number of nitrogens with two attached hydrogens (primary N) is 1. The normalized spacial score (nSPS) is 22.2. The topological polar surface area (TPSA) is 72.6 Å². The van der Waals surface area contributed by atoms with Crippen LogP contribution in [0.15, 0.2) is 0 Å². The lowest BCUT2D eigenvalue weighted by Gasteiger charge is -2.32. The van der Waals surface area contributed by atoms with Gasteiger partial charge in [-0.3, -0.25) is 0 Å². The molecule has 0 aromatic rings. The van der Waals surface area contributed by atoms with Crippen molar-refractivity contribution in [2.45, 2.75) is 38.0 Å². The third-order valence-electron chi connectivity index (χ3n) is 3.00. The van der Waals surface area contributed by atoms with Gasteiger partial charge in [0, 0.05) is 26.2 Å². The van der Waals surface area contributed by atoms with Crippen LogP contribution in [0.25, 0.3) is 0 Å². The third kappa shape index (κ3) is 3.16. The zero-order valence-corrected chi connectivity index (χ0v) is 10.9. The summed E-state index contributed by atoms with van der Waals surface area (Å²) >= 11 is 0. The van der Waals surface area contributed by atoms with Crippen LogP contribution in [0.5, 0.6) is 0 Å². The Labute approximate surface area is 98.0 Å². The Morgan fingerprint density at radius 2 is 2.00 bits per heavy atom. The highest BCUT2D eigenvalue weighted by Gasteiger charge is 2.31. The van der Waals surface area contributed by atoms with Gasteiger partial charge in [0.25, 0.3) is 0 Å². The van der Waals surface area contributed by atoms with Crippen molar-refractivity contribution in [3.63, 3.8) is 0 Å². The van der Waals surface area contributed by atoms with Crippen molar-refractivity contribution in [1.29, 1.82) is 0 Å². The highest BCUT2D eigenvalue weighted by molar-refractivity contribution is 7.89. The van der Waals surface area contributed by atoms with E-state index in [0.29, 0.717) is 19.7 Å². The summed E-state index contributed by atoms with van der Waals surface area (Å²) < 4.78 is 31.0. The van der Waals surface area contributed by atoms with Crippen molar-refractivity contribution in [3.8, 4) is 0 Å². The van der Waals surface area contributed by atoms with E-state index in [-0.39, 0.29) is 12.6 Å². The second kappa shape index (κ2) is 5.95. The van der Waals surface area contributed by atoms with E-state index >= 15 is 0 Å². The van der Waals surface area contributed by atoms with E-state index in [9.17, 15) is 8.42 Å². The van der Waals surface area contributed by atoms with E-state index in [1.165, 1.54) is 0 Å². The molecule has 0 bridgehead atoms. The van der Waals surface area contributed by atoms with Gasteiger partial charge in [-0.2, -0.15) is 0 Å². The smallest absolute Gasteiger partial charge is 0.217 e. The maximum absolute atomic E-state index is 12.0. The van der Waals surface area contributed by atoms with Gasteiger partial charge in [-0.15, -0.1) is 0 Å². The van der Waals surface area contributed by atoms with Crippen LogP contribution in [0.4, 0.5) is 0 Å². The lowest BCUT2D eigenvalue weighted by Crippen LogP contribution is -2.46. The fourth-order valence-corrected chi connectivity index (χ4v) is 3.34. The first-order valence-electron chi connectivity index (χ1n) is 5.83. The highest BCUT2D eigenvalue weighted by Crippen LogP contribution is 2.18. The summed E-state index contributed by atoms with van der Waals surface area (Å²) in [6.07, 6.45) is 1.78. The number of sulfonamides is 1. The van der Waals surface area contributed by atoms with E-state index in [2.05, 4.69) is 0 Å². The van der Waals surface area contributed by atoms with Gasteiger partial charge in [0.05, 0.1) is 11.4 Å². The number of rotatable bonds is 5. The Morgan fingerprint density at radius 3 is 2.44 bits per heavy atom. The fourth-order valence-electron chi connectivity index (χ4n) is 1.87. The van der Waals surface area contributed by atoms with E-state index in [0.717, 1.165) is 12.8 Å². The molecule has 0 aromatic heterocycles. The molecular formula is C10H22N2O3S. The molecule has 1 unspecified atom stereocenters. The monoisotopic (exact) mass is 250 g/mol. The van der Waals surface area contributed by atoms with Crippen LogP contribution >= 0.6 is 0 Å². The predicted molar refractivity (Wildman–Crippen MR) is 63.7 cm³/mol. The quantitative estimate of drug-likeness (QED) is 0.754. The minimum atomic E-state index is -3.20. The van der Waals surface area contributed by atoms with Crippen LogP contribution in [0.3, 0.4) is 0 Å². The molecule has 0 aliphatic carbocycles. The van der Waals surface area contributed by atoms with Crippen LogP contribution in [-0.2, 0) is 14.8 Å². The molecule has 2 N–H and O–H groups in total. The average molecular weight is 250 g/mol. The molecule has 96 valence electrons. The first-order valence-corrected chi connectivity index (χ1v) is 7.33. The molecule has 1 heterocycles. The second-order valence-electron chi connectivity index (χ2n) is 4.15. The summed E-state index contributed by atoms with van der Waals surface area (Å²) in [7, 11) is -3.20. The van der Waals surface area contributed by atoms with E-state index < -0.39 is 15.3 Å². The first-order chi connectivity index (χ1) is 7.52. The number of hydrogen-bond acceptors (Lipinski definition) is 4. The van der Waals surface area contributed by atoms with Crippen LogP contribution in [0, 0.1) is 0 Å². The second-order valence-corrected chi connectivity index (χ2v) is 6.50. The Bertz CT molecular complexity index is 297. The number of nitrogens with zero attached hydrogens (tertiary/aromatic N) is 1. The van der Waals surface area contributed by atoms with Gasteiger partial charge in [0.2, 0.25) is 10.0 Å². The van der Waals surface area contributed by atoms with Crippen LogP contribution in [0.2, 0.25) is 0 Å². The van der Waals surface area contributed by atoms with Gasteiger partial charge < -0.3 is 10.5 Å². The zero-order valence-electron chi connectivity index (χ0n) is 10.1. The molecule has 1 rings (SSSR count). The van der Waals surface area contributed by atoms with Gasteiger partial charge >= 0.3 is 0 Å². The van der Waals surface area contributed by atoms with Gasteiger partial charge in [0.1, 0.15) is 0 Å². The maximum atomic E-state index is 12.0. The lowest BCUT2D eigenvalue weighted by atomic mass is 10.1. The molecule has 0 amide bonds. The predicted octanol–water partition coefficient (Wildman–Crippen LogP) is 0.164. The number of ether oxygens (including phenoxy) is 1. The van der Waals surface area contributed by atoms with Gasteiger partial charge in [-0.05, 0) is 26.7 Å². The number of hydrogen-bond donors (Lipinski definition) is 1. The van der Waals surface area contributed by atoms with Crippen molar-refractivity contribution in [1.82, 2.24) is 4.31 Å². The molecule has 1 saturated heterocycles. The molecule has 0 saturated carbocycles. The Kier molecular flexibility index (Phi) is 5.17. The van der Waals surface area contributed by atoms with E-state index in [1.807, 2.05) is 6.92 Å². The Morgan fingerprint density at radius 1 is 1.44 bits per heavy atom. The molecule has 0 radical (unpaired) electrons. The molecule has 1 atom stereocenters. The molecule has 1 aliphatic rings. The molecule has 6 heteroatoms. The molecule has 0 aromatic carbocycles. The standard InChI is InChI=1S/C10H22N2O3S/c1-3-15-10-4-6-12(7-5-10)16(13,14)9(2)8-11/h9-10H,3-8,11H2,1-2H3. The maximum Gasteiger partial charge on any atom is 0.217 e. The average Bonchev–Trinajstić information content (AvgIpc) is 2.29. The summed E-state index contributed by atoms with van der Waals surface area (Å²) in [6, 6.07) is 0. The summed E-state index contributed by atoms with van der Waals surface area (Å²) in [6.45, 7) is 5.59. The molecule has 0 spiro atoms. The highest BCUT2D eigenvalue weighted by atomic mass is 32.2. The molecule has 5 nitrogen and oxygen atoms in total. The van der Waals surface area contributed by atoms with Crippen LogP contribution in [-0.4, -0.2) is 50.3 Å². The first kappa shape index (κ1) is 13.9. The van der Waals surface area contributed by atoms with Crippen molar-refractivity contribution in [2.75, 3.05) is 26.2 Å². The summed E-state index contributed by atoms with van der Waals surface area (Å²) in [5.74, 6) is 0. The number of piperidine rings is 1. The summed E-state index contributed by atoms with van der Waals surface area (Å²) in [5.41, 5.74) is 5.41. The fraction of sp³-hybridized carbons (Fsp3) is 1.00. The van der Waals surface area contributed by atoms with Crippen molar-refractivity contribution in [2.24, 2.45) is 5.73 Å². The summed E-state index contributed by atoms with van der Waals surface area (Å²) in [5, 5.41) is -0.490. The van der Waals surface area contributed by atoms with E-state index in [1.54, 1.807) is 11.2 Å². The molecule has 1 aliphatic heterocycles. The van der Waals surface area contributed by atoms with Crippen LogP contribution < -0.4 is 5.73 Å². The minimum absolute atomic E-state index is 0.174. The Hall–Kier alpha value is -0.170. The van der Waals surface area contributed by atoms with E-state index in [4.69, 9.17) is 10.5 Å². The van der Waals surface area contributed by atoms with Crippen LogP contribution in [0.1, 0.15) is 26.7 Å². The molecule has 1 fully saturated rings. The Balaban J connectivity index is 2.53. The minimum Gasteiger partial charge on any atom is -0.378 e. The third-order valence-corrected chi connectivity index (χ3v) is 5.30. The molecule has 16 heavy (non-hydrogen) atoms. The SMILES string of the molecule is CCOC1CCN(S(=O)(=O)C(C)CN)CC1. The van der Waals surface area contributed by atoms with Gasteiger partial charge in [-0.25, -0.2) is 12.7 Å². The van der Waals surface area contributed by atoms with Gasteiger partial charge in [0.15, 0.2) is 0 Å². The zero-order chi connectivity index (χ0) is 12.2. The largest absolute Gasteiger partial charge is 0.378 e. The molecular weight excluding hydrogens is 228 g/mol. The van der Waals surface area contributed by atoms with Crippen molar-refractivity contribution in [3.05, 3.63) is 0 Å². The van der Waals surface area contributed by atoms with Gasteiger partial charge in [-0.1, -0.05) is 0 Å². The summed E-state index contributed by atoms with van der Waals surface area (Å²) in [4.78, 5) is 0. The van der Waals surface area contributed by atoms with Crippen molar-refractivity contribution < 1.29 is 13.2 Å². The lowest BCUT2D eigenvalue weighted by molar-refractivity contribution is 0.0289.